The number of aromatic nitrogens is 2. The van der Waals surface area contributed by atoms with Gasteiger partial charge in [-0.3, -0.25) is 0 Å². The molecule has 1 N–H and O–H groups in total. The SMILES string of the molecule is COc1ccc(NCc2nonc2C)cc1F. The van der Waals surface area contributed by atoms with Gasteiger partial charge in [-0.25, -0.2) is 9.02 Å². The number of aryl methyl sites for hydroxylation is 1. The highest BCUT2D eigenvalue weighted by atomic mass is 19.1. The number of hydrogen-bond acceptors (Lipinski definition) is 5. The molecular weight excluding hydrogens is 225 g/mol. The van der Waals surface area contributed by atoms with E-state index in [1.54, 1.807) is 19.1 Å². The van der Waals surface area contributed by atoms with Crippen molar-refractivity contribution in [2.45, 2.75) is 13.5 Å². The molecule has 2 rings (SSSR count). The third kappa shape index (κ3) is 2.52. The summed E-state index contributed by atoms with van der Waals surface area (Å²) in [6.45, 7) is 2.23. The van der Waals surface area contributed by atoms with Crippen LogP contribution in [0.3, 0.4) is 0 Å². The number of ether oxygens (including phenoxy) is 1. The molecule has 0 saturated carbocycles. The average molecular weight is 237 g/mol. The quantitative estimate of drug-likeness (QED) is 0.882. The first-order chi connectivity index (χ1) is 8.20. The van der Waals surface area contributed by atoms with Crippen molar-refractivity contribution < 1.29 is 13.8 Å². The molecular formula is C11H12FN3O2. The van der Waals surface area contributed by atoms with Crippen LogP contribution in [-0.2, 0) is 6.54 Å². The van der Waals surface area contributed by atoms with Gasteiger partial charge in [-0.1, -0.05) is 10.3 Å². The van der Waals surface area contributed by atoms with Gasteiger partial charge in [0.25, 0.3) is 0 Å². The minimum absolute atomic E-state index is 0.217. The molecule has 1 aromatic heterocycles. The molecule has 0 fully saturated rings. The maximum absolute atomic E-state index is 13.4. The number of halogens is 1. The molecule has 90 valence electrons. The van der Waals surface area contributed by atoms with Gasteiger partial charge in [0, 0.05) is 11.8 Å². The highest BCUT2D eigenvalue weighted by Gasteiger charge is 2.06. The second kappa shape index (κ2) is 4.82. The van der Waals surface area contributed by atoms with Crippen molar-refractivity contribution in [1.29, 1.82) is 0 Å². The molecule has 2 aromatic rings. The zero-order valence-electron chi connectivity index (χ0n) is 9.53. The molecule has 1 aromatic carbocycles. The molecule has 0 radical (unpaired) electrons. The van der Waals surface area contributed by atoms with Crippen molar-refractivity contribution in [3.63, 3.8) is 0 Å². The molecule has 0 amide bonds. The van der Waals surface area contributed by atoms with Crippen LogP contribution in [0.25, 0.3) is 0 Å². The summed E-state index contributed by atoms with van der Waals surface area (Å²) in [4.78, 5) is 0. The standard InChI is InChI=1S/C11H12FN3O2/c1-7-10(15-17-14-7)6-13-8-3-4-11(16-2)9(12)5-8/h3-5,13H,6H2,1-2H3. The van der Waals surface area contributed by atoms with E-state index in [0.29, 0.717) is 23.6 Å². The van der Waals surface area contributed by atoms with Crippen LogP contribution in [0.2, 0.25) is 0 Å². The minimum atomic E-state index is -0.410. The molecule has 0 spiro atoms. The number of nitrogens with one attached hydrogen (secondary N) is 1. The fourth-order valence-electron chi connectivity index (χ4n) is 1.37. The van der Waals surface area contributed by atoms with Gasteiger partial charge < -0.3 is 10.1 Å². The lowest BCUT2D eigenvalue weighted by atomic mass is 10.2. The van der Waals surface area contributed by atoms with Crippen molar-refractivity contribution in [3.8, 4) is 5.75 Å². The topological polar surface area (TPSA) is 60.2 Å². The Balaban J connectivity index is 2.05. The number of rotatable bonds is 4. The average Bonchev–Trinajstić information content (AvgIpc) is 2.72. The Morgan fingerprint density at radius 2 is 2.24 bits per heavy atom. The second-order valence-electron chi connectivity index (χ2n) is 3.50. The van der Waals surface area contributed by atoms with Crippen LogP contribution in [0, 0.1) is 12.7 Å². The highest BCUT2D eigenvalue weighted by Crippen LogP contribution is 2.21. The zero-order chi connectivity index (χ0) is 12.3. The summed E-state index contributed by atoms with van der Waals surface area (Å²) in [6.07, 6.45) is 0. The van der Waals surface area contributed by atoms with E-state index in [0.717, 1.165) is 0 Å². The fraction of sp³-hybridized carbons (Fsp3) is 0.273. The molecule has 6 heteroatoms. The molecule has 0 saturated heterocycles. The molecule has 0 aliphatic heterocycles. The molecule has 0 aliphatic rings. The predicted octanol–water partition coefficient (Wildman–Crippen LogP) is 2.14. The Hall–Kier alpha value is -2.11. The summed E-state index contributed by atoms with van der Waals surface area (Å²) in [5.74, 6) is -0.192. The van der Waals surface area contributed by atoms with E-state index in [9.17, 15) is 4.39 Å². The largest absolute Gasteiger partial charge is 0.494 e. The number of hydrogen-bond donors (Lipinski definition) is 1. The van der Waals surface area contributed by atoms with E-state index >= 15 is 0 Å². The predicted molar refractivity (Wildman–Crippen MR) is 59.3 cm³/mol. The van der Waals surface area contributed by atoms with Gasteiger partial charge in [0.2, 0.25) is 0 Å². The van der Waals surface area contributed by atoms with Crippen LogP contribution < -0.4 is 10.1 Å². The summed E-state index contributed by atoms with van der Waals surface area (Å²) < 4.78 is 22.8. The van der Waals surface area contributed by atoms with Crippen LogP contribution in [0.5, 0.6) is 5.75 Å². The molecule has 5 nitrogen and oxygen atoms in total. The van der Waals surface area contributed by atoms with E-state index in [1.165, 1.54) is 13.2 Å². The lowest BCUT2D eigenvalue weighted by molar-refractivity contribution is 0.301. The number of methoxy groups -OCH3 is 1. The van der Waals surface area contributed by atoms with Gasteiger partial charge in [0.1, 0.15) is 11.4 Å². The smallest absolute Gasteiger partial charge is 0.167 e. The molecule has 17 heavy (non-hydrogen) atoms. The van der Waals surface area contributed by atoms with Gasteiger partial charge in [-0.15, -0.1) is 0 Å². The number of nitrogens with zero attached hydrogens (tertiary/aromatic N) is 2. The Labute approximate surface area is 97.5 Å². The first-order valence-electron chi connectivity index (χ1n) is 5.06. The van der Waals surface area contributed by atoms with Crippen LogP contribution in [-0.4, -0.2) is 17.4 Å². The Bertz CT molecular complexity index is 513. The van der Waals surface area contributed by atoms with E-state index < -0.39 is 5.82 Å². The van der Waals surface area contributed by atoms with Crippen LogP contribution in [0.4, 0.5) is 10.1 Å². The first kappa shape index (κ1) is 11.4. The third-order valence-electron chi connectivity index (χ3n) is 2.36. The minimum Gasteiger partial charge on any atom is -0.494 e. The molecule has 0 bridgehead atoms. The van der Waals surface area contributed by atoms with Crippen molar-refractivity contribution in [3.05, 3.63) is 35.4 Å². The molecule has 1 heterocycles. The van der Waals surface area contributed by atoms with Crippen LogP contribution in [0.1, 0.15) is 11.4 Å². The van der Waals surface area contributed by atoms with E-state index in [-0.39, 0.29) is 5.75 Å². The van der Waals surface area contributed by atoms with E-state index in [4.69, 9.17) is 4.74 Å². The van der Waals surface area contributed by atoms with E-state index in [2.05, 4.69) is 20.3 Å². The number of benzene rings is 1. The molecule has 0 aliphatic carbocycles. The second-order valence-corrected chi connectivity index (χ2v) is 3.50. The van der Waals surface area contributed by atoms with Crippen molar-refractivity contribution in [1.82, 2.24) is 10.3 Å². The maximum atomic E-state index is 13.4. The summed E-state index contributed by atoms with van der Waals surface area (Å²) in [7, 11) is 1.43. The summed E-state index contributed by atoms with van der Waals surface area (Å²) >= 11 is 0. The first-order valence-corrected chi connectivity index (χ1v) is 5.06. The zero-order valence-corrected chi connectivity index (χ0v) is 9.53. The molecule has 0 unspecified atom stereocenters. The number of anilines is 1. The normalized spacial score (nSPS) is 10.3. The summed E-state index contributed by atoms with van der Waals surface area (Å²) in [5.41, 5.74) is 2.05. The lowest BCUT2D eigenvalue weighted by Gasteiger charge is -2.06. The maximum Gasteiger partial charge on any atom is 0.167 e. The molecule has 0 atom stereocenters. The van der Waals surface area contributed by atoms with Gasteiger partial charge >= 0.3 is 0 Å². The lowest BCUT2D eigenvalue weighted by Crippen LogP contribution is -2.02. The fourth-order valence-corrected chi connectivity index (χ4v) is 1.37. The van der Waals surface area contributed by atoms with Crippen molar-refractivity contribution in [2.75, 3.05) is 12.4 Å². The van der Waals surface area contributed by atoms with Crippen molar-refractivity contribution in [2.24, 2.45) is 0 Å². The van der Waals surface area contributed by atoms with E-state index in [1.807, 2.05) is 0 Å². The highest BCUT2D eigenvalue weighted by molar-refractivity contribution is 5.47. The Kier molecular flexibility index (Phi) is 3.22. The van der Waals surface area contributed by atoms with Gasteiger partial charge in [-0.2, -0.15) is 0 Å². The van der Waals surface area contributed by atoms with Gasteiger partial charge in [0.05, 0.1) is 13.7 Å². The van der Waals surface area contributed by atoms with Crippen molar-refractivity contribution >= 4 is 5.69 Å². The third-order valence-corrected chi connectivity index (χ3v) is 2.36. The monoisotopic (exact) mass is 237 g/mol. The van der Waals surface area contributed by atoms with Gasteiger partial charge in [0.15, 0.2) is 11.6 Å². The summed E-state index contributed by atoms with van der Waals surface area (Å²) in [5, 5.41) is 10.4. The van der Waals surface area contributed by atoms with Crippen LogP contribution in [0.15, 0.2) is 22.8 Å². The van der Waals surface area contributed by atoms with Gasteiger partial charge in [-0.05, 0) is 19.1 Å². The van der Waals surface area contributed by atoms with Crippen LogP contribution >= 0.6 is 0 Å². The Morgan fingerprint density at radius 1 is 1.41 bits per heavy atom. The summed E-state index contributed by atoms with van der Waals surface area (Å²) in [6, 6.07) is 4.65. The Morgan fingerprint density at radius 3 is 2.82 bits per heavy atom.